The molecule has 1 aliphatic rings. The Bertz CT molecular complexity index is 222. The minimum absolute atomic E-state index is 0.552. The second-order valence-electron chi connectivity index (χ2n) is 7.03. The number of nitrogens with one attached hydrogen (secondary N) is 1. The molecule has 0 heterocycles. The number of rotatable bonds is 8. The topological polar surface area (TPSA) is 12.0 Å². The van der Waals surface area contributed by atoms with Gasteiger partial charge in [-0.15, -0.1) is 0 Å². The van der Waals surface area contributed by atoms with Gasteiger partial charge in [0, 0.05) is 6.04 Å². The molecule has 0 saturated heterocycles. The highest BCUT2D eigenvalue weighted by atomic mass is 14.9. The number of hydrogen-bond acceptors (Lipinski definition) is 1. The second kappa shape index (κ2) is 7.53. The molecule has 1 fully saturated rings. The SMILES string of the molecule is CCCCC(CC)CC(NC)C1CCCC1(C)C. The summed E-state index contributed by atoms with van der Waals surface area (Å²) in [5.41, 5.74) is 0.552. The predicted molar refractivity (Wildman–Crippen MR) is 81.9 cm³/mol. The minimum atomic E-state index is 0.552. The molecule has 1 saturated carbocycles. The van der Waals surface area contributed by atoms with Crippen molar-refractivity contribution in [1.82, 2.24) is 5.32 Å². The van der Waals surface area contributed by atoms with E-state index in [1.54, 1.807) is 0 Å². The molecule has 0 aromatic heterocycles. The smallest absolute Gasteiger partial charge is 0.0100 e. The van der Waals surface area contributed by atoms with Crippen molar-refractivity contribution in [3.63, 3.8) is 0 Å². The van der Waals surface area contributed by atoms with Gasteiger partial charge in [0.15, 0.2) is 0 Å². The molecule has 108 valence electrons. The van der Waals surface area contributed by atoms with E-state index in [0.717, 1.165) is 17.9 Å². The highest BCUT2D eigenvalue weighted by Crippen LogP contribution is 2.45. The second-order valence-corrected chi connectivity index (χ2v) is 7.03. The van der Waals surface area contributed by atoms with Crippen LogP contribution in [0.3, 0.4) is 0 Å². The molecule has 18 heavy (non-hydrogen) atoms. The molecule has 0 radical (unpaired) electrons. The molecule has 1 rings (SSSR count). The summed E-state index contributed by atoms with van der Waals surface area (Å²) in [6.45, 7) is 9.62. The van der Waals surface area contributed by atoms with E-state index in [-0.39, 0.29) is 0 Å². The van der Waals surface area contributed by atoms with Crippen LogP contribution in [0.5, 0.6) is 0 Å². The van der Waals surface area contributed by atoms with Crippen molar-refractivity contribution >= 4 is 0 Å². The van der Waals surface area contributed by atoms with Gasteiger partial charge in [-0.2, -0.15) is 0 Å². The summed E-state index contributed by atoms with van der Waals surface area (Å²) in [6.07, 6.45) is 11.2. The molecule has 0 amide bonds. The summed E-state index contributed by atoms with van der Waals surface area (Å²) in [4.78, 5) is 0. The zero-order valence-electron chi connectivity index (χ0n) is 13.4. The summed E-state index contributed by atoms with van der Waals surface area (Å²) < 4.78 is 0. The van der Waals surface area contributed by atoms with Gasteiger partial charge in [0.2, 0.25) is 0 Å². The van der Waals surface area contributed by atoms with Gasteiger partial charge >= 0.3 is 0 Å². The average molecular weight is 253 g/mol. The van der Waals surface area contributed by atoms with Crippen LogP contribution >= 0.6 is 0 Å². The van der Waals surface area contributed by atoms with Gasteiger partial charge in [0.25, 0.3) is 0 Å². The molecule has 0 bridgehead atoms. The van der Waals surface area contributed by atoms with Crippen LogP contribution in [-0.4, -0.2) is 13.1 Å². The number of unbranched alkanes of at least 4 members (excludes halogenated alkanes) is 1. The van der Waals surface area contributed by atoms with Crippen LogP contribution in [0.4, 0.5) is 0 Å². The maximum atomic E-state index is 3.64. The van der Waals surface area contributed by atoms with Gasteiger partial charge < -0.3 is 5.32 Å². The van der Waals surface area contributed by atoms with Crippen LogP contribution in [0.2, 0.25) is 0 Å². The molecule has 0 aromatic carbocycles. The Hall–Kier alpha value is -0.0400. The van der Waals surface area contributed by atoms with E-state index in [4.69, 9.17) is 0 Å². The van der Waals surface area contributed by atoms with Crippen molar-refractivity contribution in [3.05, 3.63) is 0 Å². The molecule has 3 unspecified atom stereocenters. The van der Waals surface area contributed by atoms with Crippen molar-refractivity contribution in [2.24, 2.45) is 17.3 Å². The van der Waals surface area contributed by atoms with Gasteiger partial charge in [-0.05, 0) is 43.6 Å². The highest BCUT2D eigenvalue weighted by molar-refractivity contribution is 4.92. The van der Waals surface area contributed by atoms with Crippen LogP contribution in [0.25, 0.3) is 0 Å². The lowest BCUT2D eigenvalue weighted by Gasteiger charge is -2.36. The molecular weight excluding hydrogens is 218 g/mol. The van der Waals surface area contributed by atoms with Crippen molar-refractivity contribution in [3.8, 4) is 0 Å². The molecule has 0 aliphatic heterocycles. The normalized spacial score (nSPS) is 26.2. The summed E-state index contributed by atoms with van der Waals surface area (Å²) in [5, 5.41) is 3.64. The van der Waals surface area contributed by atoms with E-state index in [2.05, 4.69) is 40.1 Å². The van der Waals surface area contributed by atoms with Crippen molar-refractivity contribution in [2.75, 3.05) is 7.05 Å². The van der Waals surface area contributed by atoms with Crippen molar-refractivity contribution < 1.29 is 0 Å². The summed E-state index contributed by atoms with van der Waals surface area (Å²) in [6, 6.07) is 0.740. The lowest BCUT2D eigenvalue weighted by Crippen LogP contribution is -2.40. The zero-order valence-corrected chi connectivity index (χ0v) is 13.4. The molecule has 1 nitrogen and oxygen atoms in total. The monoisotopic (exact) mass is 253 g/mol. The standard InChI is InChI=1S/C17H35N/c1-6-8-10-14(7-2)13-16(18-5)15-11-9-12-17(15,3)4/h14-16,18H,6-13H2,1-5H3. The molecular formula is C17H35N. The highest BCUT2D eigenvalue weighted by Gasteiger charge is 2.39. The third-order valence-corrected chi connectivity index (χ3v) is 5.33. The third kappa shape index (κ3) is 4.26. The first-order chi connectivity index (χ1) is 8.55. The fourth-order valence-electron chi connectivity index (χ4n) is 3.92. The fourth-order valence-corrected chi connectivity index (χ4v) is 3.92. The Morgan fingerprint density at radius 3 is 2.44 bits per heavy atom. The molecule has 1 heteroatoms. The molecule has 1 aliphatic carbocycles. The Balaban J connectivity index is 2.54. The zero-order chi connectivity index (χ0) is 13.6. The number of hydrogen-bond donors (Lipinski definition) is 1. The summed E-state index contributed by atoms with van der Waals surface area (Å²) in [7, 11) is 2.17. The lowest BCUT2D eigenvalue weighted by molar-refractivity contribution is 0.176. The van der Waals surface area contributed by atoms with Crippen LogP contribution in [0.15, 0.2) is 0 Å². The maximum absolute atomic E-state index is 3.64. The Morgan fingerprint density at radius 1 is 1.28 bits per heavy atom. The molecule has 1 N–H and O–H groups in total. The van der Waals surface area contributed by atoms with E-state index >= 15 is 0 Å². The average Bonchev–Trinajstić information content (AvgIpc) is 2.70. The van der Waals surface area contributed by atoms with Crippen molar-refractivity contribution in [2.45, 2.75) is 85.1 Å². The van der Waals surface area contributed by atoms with Gasteiger partial charge in [-0.3, -0.25) is 0 Å². The molecule has 3 atom stereocenters. The fraction of sp³-hybridized carbons (Fsp3) is 1.00. The Kier molecular flexibility index (Phi) is 6.70. The van der Waals surface area contributed by atoms with Gasteiger partial charge in [-0.25, -0.2) is 0 Å². The minimum Gasteiger partial charge on any atom is -0.317 e. The maximum Gasteiger partial charge on any atom is 0.0100 e. The van der Waals surface area contributed by atoms with E-state index < -0.39 is 0 Å². The first-order valence-electron chi connectivity index (χ1n) is 8.22. The van der Waals surface area contributed by atoms with Crippen LogP contribution in [0.1, 0.15) is 79.1 Å². The van der Waals surface area contributed by atoms with Gasteiger partial charge in [-0.1, -0.05) is 59.8 Å². The molecule has 0 spiro atoms. The van der Waals surface area contributed by atoms with Crippen LogP contribution < -0.4 is 5.32 Å². The van der Waals surface area contributed by atoms with Crippen LogP contribution in [-0.2, 0) is 0 Å². The van der Waals surface area contributed by atoms with Crippen molar-refractivity contribution in [1.29, 1.82) is 0 Å². The van der Waals surface area contributed by atoms with Gasteiger partial charge in [0.1, 0.15) is 0 Å². The van der Waals surface area contributed by atoms with Gasteiger partial charge in [0.05, 0.1) is 0 Å². The molecule has 0 aromatic rings. The lowest BCUT2D eigenvalue weighted by atomic mass is 9.74. The Morgan fingerprint density at radius 2 is 2.00 bits per heavy atom. The summed E-state index contributed by atoms with van der Waals surface area (Å²) in [5.74, 6) is 1.82. The first-order valence-corrected chi connectivity index (χ1v) is 8.22. The van der Waals surface area contributed by atoms with E-state index in [1.165, 1.54) is 51.4 Å². The van der Waals surface area contributed by atoms with Crippen LogP contribution in [0, 0.1) is 17.3 Å². The largest absolute Gasteiger partial charge is 0.317 e. The quantitative estimate of drug-likeness (QED) is 0.641. The third-order valence-electron chi connectivity index (χ3n) is 5.33. The first kappa shape index (κ1) is 16.0. The predicted octanol–water partition coefficient (Wildman–Crippen LogP) is 5.01. The van der Waals surface area contributed by atoms with E-state index in [0.29, 0.717) is 5.41 Å². The Labute approximate surface area is 115 Å². The van der Waals surface area contributed by atoms with E-state index in [1.807, 2.05) is 0 Å². The summed E-state index contributed by atoms with van der Waals surface area (Å²) >= 11 is 0. The van der Waals surface area contributed by atoms with E-state index in [9.17, 15) is 0 Å².